The van der Waals surface area contributed by atoms with E-state index in [4.69, 9.17) is 29.9 Å². The van der Waals surface area contributed by atoms with E-state index < -0.39 is 10.8 Å². The lowest BCUT2D eigenvalue weighted by atomic mass is 9.77. The Kier molecular flexibility index (Phi) is 21.8. The van der Waals surface area contributed by atoms with Crippen LogP contribution in [0.1, 0.15) is 221 Å². The van der Waals surface area contributed by atoms with Gasteiger partial charge in [-0.05, 0) is 141 Å². The molecule has 12 aromatic rings. The molecule has 0 fully saturated rings. The number of nitrogens with zero attached hydrogens (tertiary/aromatic N) is 10. The first kappa shape index (κ1) is 72.6. The standard InChI is InChI=1S/C92H104N10O2S2/c1-9-13-17-21-25-33-49-99-75-47-43-63(89-93-59-79(105-89)61-41-45-65-77(55-61)101(51-35-27-23-19-15-11-3)87-83(65)95-71-37-29-31-39-73(71)97-87)53-69(75)91(5,6)81(99)57-67-85(103)68(86(67)104)58-82-92(7,8)70-54-64(44-48-76(70)100(82)50-34-26-22-18-14-10-2)90-94-60-80(106-90)62-42-46-66-78(56-62)102(52-36-28-24-20-16-12-4)88-84(66)96-72-38-30-32-40-74(72)98-88/h29-32,37-48,53-60H,9-28,33-36,49-52H2,1-8H3/p+1. The molecule has 2 aliphatic heterocycles. The molecular formula is C92H105N10O2S2+. The molecule has 0 amide bonds. The zero-order valence-corrected chi connectivity index (χ0v) is 65.4. The van der Waals surface area contributed by atoms with Crippen molar-refractivity contribution in [3.05, 3.63) is 180 Å². The Morgan fingerprint density at radius 2 is 0.906 bits per heavy atom. The minimum absolute atomic E-state index is 0.0680. The first-order chi connectivity index (χ1) is 51.8. The number of ketones is 1. The molecule has 0 spiro atoms. The SMILES string of the molecule is CCCCCCCCN1/C(=C/C2=C(O)C(=C\C3=[N+](CCCCCCCC)c4ccc(-c5ncc(-c6ccc7c8nc9ccccc9nc8n(CCCCCCCC)c7c6)s5)cc4C3(C)C)/C2=O)C(C)(C)c2cc(-c3ncc(-c4ccc5c6nc7ccccc7nc6n(CCCCCCCC)c5c4)s3)ccc21. The van der Waals surface area contributed by atoms with E-state index in [-0.39, 0.29) is 11.5 Å². The van der Waals surface area contributed by atoms with Crippen molar-refractivity contribution in [1.29, 1.82) is 0 Å². The Hall–Kier alpha value is -8.98. The molecule has 14 heteroatoms. The zero-order chi connectivity index (χ0) is 73.1. The summed E-state index contributed by atoms with van der Waals surface area (Å²) in [5.41, 5.74) is 20.7. The Balaban J connectivity index is 0.718. The molecule has 0 atom stereocenters. The summed E-state index contributed by atoms with van der Waals surface area (Å²) in [6.07, 6.45) is 36.9. The van der Waals surface area contributed by atoms with Gasteiger partial charge in [-0.1, -0.05) is 200 Å². The number of benzene rings is 6. The van der Waals surface area contributed by atoms with E-state index in [2.05, 4.69) is 171 Å². The van der Waals surface area contributed by atoms with Gasteiger partial charge in [0.1, 0.15) is 33.4 Å². The number of aliphatic hydroxyl groups is 1. The molecule has 3 aliphatic rings. The maximum absolute atomic E-state index is 15.1. The maximum Gasteiger partial charge on any atom is 0.209 e. The molecule has 0 saturated heterocycles. The number of aliphatic hydroxyl groups excluding tert-OH is 1. The van der Waals surface area contributed by atoms with Gasteiger partial charge in [-0.3, -0.25) is 4.79 Å². The summed E-state index contributed by atoms with van der Waals surface area (Å²) >= 11 is 3.45. The van der Waals surface area contributed by atoms with E-state index in [0.717, 1.165) is 196 Å². The summed E-state index contributed by atoms with van der Waals surface area (Å²) in [5, 5.41) is 16.7. The molecule has 0 saturated carbocycles. The number of rotatable bonds is 34. The number of aromatic nitrogens is 8. The first-order valence-corrected chi connectivity index (χ1v) is 41.9. The van der Waals surface area contributed by atoms with E-state index in [0.29, 0.717) is 11.1 Å². The van der Waals surface area contributed by atoms with Gasteiger partial charge in [-0.15, -0.1) is 22.7 Å². The summed E-state index contributed by atoms with van der Waals surface area (Å²) in [4.78, 5) is 50.9. The Morgan fingerprint density at radius 3 is 1.41 bits per heavy atom. The van der Waals surface area contributed by atoms with Gasteiger partial charge in [0, 0.05) is 94.9 Å². The van der Waals surface area contributed by atoms with Crippen LogP contribution in [0.3, 0.4) is 0 Å². The van der Waals surface area contributed by atoms with E-state index in [1.807, 2.05) is 48.8 Å². The number of anilines is 1. The third kappa shape index (κ3) is 14.2. The van der Waals surface area contributed by atoms with Crippen molar-refractivity contribution in [2.75, 3.05) is 18.0 Å². The Bertz CT molecular complexity index is 5400. The molecule has 0 bridgehead atoms. The topological polar surface area (TPSA) is 131 Å². The predicted molar refractivity (Wildman–Crippen MR) is 446 cm³/mol. The fourth-order valence-corrected chi connectivity index (χ4v) is 18.7. The number of Topliss-reactive ketones (excluding diaryl/α,β-unsaturated/α-hetero) is 1. The fourth-order valence-electron chi connectivity index (χ4n) is 16.9. The van der Waals surface area contributed by atoms with Crippen LogP contribution in [0.15, 0.2) is 168 Å². The minimum Gasteiger partial charge on any atom is -0.506 e. The number of allylic oxidation sites excluding steroid dienone is 5. The third-order valence-electron chi connectivity index (χ3n) is 23.1. The first-order valence-electron chi connectivity index (χ1n) is 40.2. The van der Waals surface area contributed by atoms with Crippen LogP contribution in [0, 0.1) is 0 Å². The number of unbranched alkanes of at least 4 members (excludes halogenated alkanes) is 20. The highest BCUT2D eigenvalue weighted by Crippen LogP contribution is 2.52. The molecule has 6 aromatic carbocycles. The molecular weight excluding hydrogens is 1340 g/mol. The normalized spacial score (nSPS) is 15.6. The lowest BCUT2D eigenvalue weighted by molar-refractivity contribution is -0.438. The minimum atomic E-state index is -0.497. The molecule has 0 unspecified atom stereocenters. The second kappa shape index (κ2) is 31.8. The monoisotopic (exact) mass is 1450 g/mol. The number of fused-ring (bicyclic) bond motifs is 10. The smallest absolute Gasteiger partial charge is 0.209 e. The quantitative estimate of drug-likeness (QED) is 0.0238. The molecule has 546 valence electrons. The lowest BCUT2D eigenvalue weighted by Gasteiger charge is -2.29. The highest BCUT2D eigenvalue weighted by molar-refractivity contribution is 7.18. The van der Waals surface area contributed by atoms with Crippen molar-refractivity contribution in [2.45, 2.75) is 233 Å². The summed E-state index contributed by atoms with van der Waals surface area (Å²) in [6, 6.07) is 43.7. The van der Waals surface area contributed by atoms with Crippen molar-refractivity contribution < 1.29 is 14.5 Å². The number of para-hydroxylation sites is 4. The van der Waals surface area contributed by atoms with Crippen LogP contribution in [-0.2, 0) is 28.7 Å². The molecule has 1 N–H and O–H groups in total. The van der Waals surface area contributed by atoms with Crippen molar-refractivity contribution in [2.24, 2.45) is 0 Å². The van der Waals surface area contributed by atoms with Crippen LogP contribution in [0.25, 0.3) is 108 Å². The van der Waals surface area contributed by atoms with Gasteiger partial charge in [0.15, 0.2) is 17.0 Å². The van der Waals surface area contributed by atoms with Gasteiger partial charge < -0.3 is 19.1 Å². The molecule has 12 nitrogen and oxygen atoms in total. The number of carbonyl (C=O) groups excluding carboxylic acids is 1. The van der Waals surface area contributed by atoms with Crippen molar-refractivity contribution in [3.63, 3.8) is 0 Å². The zero-order valence-electron chi connectivity index (χ0n) is 63.8. The fraction of sp³-hybridized carbons (Fsp3) is 0.413. The van der Waals surface area contributed by atoms with Crippen molar-refractivity contribution in [3.8, 4) is 42.0 Å². The average Bonchev–Trinajstić information content (AvgIpc) is 1.57. The number of carbonyl (C=O) groups is 1. The number of thiazole rings is 2. The Morgan fingerprint density at radius 1 is 0.462 bits per heavy atom. The van der Waals surface area contributed by atoms with Crippen LogP contribution in [-0.4, -0.2) is 73.3 Å². The summed E-state index contributed by atoms with van der Waals surface area (Å²) in [7, 11) is 0. The van der Waals surface area contributed by atoms with E-state index in [1.165, 1.54) is 127 Å². The largest absolute Gasteiger partial charge is 0.506 e. The average molecular weight is 1450 g/mol. The van der Waals surface area contributed by atoms with E-state index >= 15 is 4.79 Å². The van der Waals surface area contributed by atoms with E-state index in [1.54, 1.807) is 22.7 Å². The van der Waals surface area contributed by atoms with Gasteiger partial charge in [-0.25, -0.2) is 29.9 Å². The predicted octanol–water partition coefficient (Wildman–Crippen LogP) is 25.2. The van der Waals surface area contributed by atoms with Gasteiger partial charge in [0.05, 0.1) is 59.4 Å². The number of aryl methyl sites for hydroxylation is 2. The second-order valence-corrected chi connectivity index (χ2v) is 33.3. The summed E-state index contributed by atoms with van der Waals surface area (Å²) in [5.74, 6) is -0.0516. The molecule has 8 heterocycles. The van der Waals surface area contributed by atoms with E-state index in [9.17, 15) is 5.11 Å². The summed E-state index contributed by atoms with van der Waals surface area (Å²) < 4.78 is 7.26. The van der Waals surface area contributed by atoms with Gasteiger partial charge >= 0.3 is 0 Å². The molecule has 106 heavy (non-hydrogen) atoms. The second-order valence-electron chi connectivity index (χ2n) is 31.2. The van der Waals surface area contributed by atoms with Crippen LogP contribution in [0.5, 0.6) is 0 Å². The van der Waals surface area contributed by atoms with Crippen molar-refractivity contribution >= 4 is 112 Å². The van der Waals surface area contributed by atoms with Gasteiger partial charge in [0.25, 0.3) is 0 Å². The lowest BCUT2D eigenvalue weighted by Crippen LogP contribution is -2.32. The van der Waals surface area contributed by atoms with Crippen LogP contribution in [0.4, 0.5) is 11.4 Å². The summed E-state index contributed by atoms with van der Waals surface area (Å²) in [6.45, 7) is 21.6. The maximum atomic E-state index is 15.1. The van der Waals surface area contributed by atoms with Gasteiger partial charge in [-0.2, -0.15) is 4.58 Å². The molecule has 15 rings (SSSR count). The van der Waals surface area contributed by atoms with Crippen LogP contribution in [0.2, 0.25) is 0 Å². The number of hydrogen-bond donors (Lipinski definition) is 1. The van der Waals surface area contributed by atoms with Gasteiger partial charge in [0.2, 0.25) is 11.5 Å². The molecule has 6 aromatic heterocycles. The highest BCUT2D eigenvalue weighted by Gasteiger charge is 2.48. The highest BCUT2D eigenvalue weighted by atomic mass is 32.1. The molecule has 0 radical (unpaired) electrons. The van der Waals surface area contributed by atoms with Crippen molar-refractivity contribution in [1.82, 2.24) is 39.0 Å². The van der Waals surface area contributed by atoms with Crippen LogP contribution < -0.4 is 4.90 Å². The van der Waals surface area contributed by atoms with Crippen LogP contribution >= 0.6 is 22.7 Å². The number of hydrogen-bond acceptors (Lipinski definition) is 11. The third-order valence-corrected chi connectivity index (χ3v) is 25.3. The Labute approximate surface area is 634 Å². The molecule has 1 aliphatic carbocycles.